The molecule has 1 aromatic rings. The van der Waals surface area contributed by atoms with Gasteiger partial charge in [-0.25, -0.2) is 0 Å². The molecule has 1 rings (SSSR count). The Balaban J connectivity index is 2.67. The zero-order valence-corrected chi connectivity index (χ0v) is 12.8. The van der Waals surface area contributed by atoms with E-state index in [-0.39, 0.29) is 24.0 Å². The molecule has 0 amide bonds. The second-order valence-electron chi connectivity index (χ2n) is 5.44. The van der Waals surface area contributed by atoms with Crippen LogP contribution < -0.4 is 16.4 Å². The molecule has 0 heterocycles. The second-order valence-corrected chi connectivity index (χ2v) is 5.44. The van der Waals surface area contributed by atoms with Crippen LogP contribution in [0.15, 0.2) is 24.3 Å². The van der Waals surface area contributed by atoms with Crippen molar-refractivity contribution in [3.63, 3.8) is 0 Å². The van der Waals surface area contributed by atoms with Crippen molar-refractivity contribution in [2.24, 2.45) is 5.73 Å². The molecule has 1 atom stereocenters. The first-order valence-electron chi connectivity index (χ1n) is 7.19. The molecule has 22 heavy (non-hydrogen) atoms. The smallest absolute Gasteiger partial charge is 0.370 e. The van der Waals surface area contributed by atoms with Crippen LogP contribution in [0.4, 0.5) is 13.2 Å². The van der Waals surface area contributed by atoms with Crippen molar-refractivity contribution in [3.05, 3.63) is 35.4 Å². The molecule has 0 fully saturated rings. The van der Waals surface area contributed by atoms with Gasteiger partial charge >= 0.3 is 6.18 Å². The topological polar surface area (TPSA) is 73.9 Å². The van der Waals surface area contributed by atoms with Gasteiger partial charge in [-0.05, 0) is 30.0 Å². The predicted molar refractivity (Wildman–Crippen MR) is 81.9 cm³/mol. The summed E-state index contributed by atoms with van der Waals surface area (Å²) >= 11 is 0. The number of hydrogen-bond acceptors (Lipinski definition) is 2. The number of guanidine groups is 1. The number of alkyl halides is 3. The third-order valence-corrected chi connectivity index (χ3v) is 3.28. The molecule has 0 radical (unpaired) electrons. The van der Waals surface area contributed by atoms with Crippen LogP contribution in [0.3, 0.4) is 0 Å². The fourth-order valence-electron chi connectivity index (χ4n) is 2.05. The van der Waals surface area contributed by atoms with Crippen LogP contribution in [0.1, 0.15) is 43.4 Å². The molecule has 0 aliphatic carbocycles. The van der Waals surface area contributed by atoms with Crippen LogP contribution in [0.5, 0.6) is 0 Å². The Kier molecular flexibility index (Phi) is 6.67. The molecule has 0 saturated heterocycles. The standard InChI is InChI=1S/C15H23F3N4/c1-10(2)11-4-6-12(7-5-11)13(15(16,17)18)21-8-3-9-22-14(19)20/h4-7,10,13,21H,3,8-9H2,1-2H3,(H4,19,20,22). The molecule has 4 nitrogen and oxygen atoms in total. The van der Waals surface area contributed by atoms with E-state index in [1.54, 1.807) is 12.1 Å². The van der Waals surface area contributed by atoms with E-state index in [9.17, 15) is 13.2 Å². The number of hydrogen-bond donors (Lipinski definition) is 4. The number of halogens is 3. The van der Waals surface area contributed by atoms with Crippen molar-refractivity contribution >= 4 is 5.96 Å². The molecule has 0 aliphatic rings. The van der Waals surface area contributed by atoms with Crippen molar-refractivity contribution in [2.75, 3.05) is 13.1 Å². The van der Waals surface area contributed by atoms with Gasteiger partial charge in [0.1, 0.15) is 6.04 Å². The Morgan fingerprint density at radius 3 is 2.14 bits per heavy atom. The van der Waals surface area contributed by atoms with Gasteiger partial charge in [0, 0.05) is 6.54 Å². The van der Waals surface area contributed by atoms with Gasteiger partial charge in [-0.1, -0.05) is 38.1 Å². The van der Waals surface area contributed by atoms with Gasteiger partial charge in [-0.15, -0.1) is 0 Å². The van der Waals surface area contributed by atoms with E-state index < -0.39 is 12.2 Å². The van der Waals surface area contributed by atoms with E-state index in [1.807, 2.05) is 13.8 Å². The van der Waals surface area contributed by atoms with Crippen LogP contribution in [-0.4, -0.2) is 25.2 Å². The van der Waals surface area contributed by atoms with Crippen molar-refractivity contribution in [3.8, 4) is 0 Å². The quantitative estimate of drug-likeness (QED) is 0.355. The minimum atomic E-state index is -4.35. The van der Waals surface area contributed by atoms with Gasteiger partial charge in [0.2, 0.25) is 0 Å². The maximum Gasteiger partial charge on any atom is 0.407 e. The zero-order chi connectivity index (χ0) is 16.8. The lowest BCUT2D eigenvalue weighted by atomic mass is 9.99. The van der Waals surface area contributed by atoms with Crippen LogP contribution in [-0.2, 0) is 0 Å². The van der Waals surface area contributed by atoms with Gasteiger partial charge in [-0.2, -0.15) is 13.2 Å². The third kappa shape index (κ3) is 5.93. The fraction of sp³-hybridized carbons (Fsp3) is 0.533. The van der Waals surface area contributed by atoms with Crippen molar-refractivity contribution in [2.45, 2.75) is 38.4 Å². The van der Waals surface area contributed by atoms with E-state index >= 15 is 0 Å². The van der Waals surface area contributed by atoms with Crippen LogP contribution in [0, 0.1) is 5.41 Å². The van der Waals surface area contributed by atoms with E-state index in [0.29, 0.717) is 13.0 Å². The van der Waals surface area contributed by atoms with E-state index in [1.165, 1.54) is 12.1 Å². The highest BCUT2D eigenvalue weighted by Crippen LogP contribution is 2.33. The van der Waals surface area contributed by atoms with Crippen molar-refractivity contribution in [1.29, 1.82) is 5.41 Å². The normalized spacial score (nSPS) is 13.2. The predicted octanol–water partition coefficient (Wildman–Crippen LogP) is 2.88. The van der Waals surface area contributed by atoms with Gasteiger partial charge in [-0.3, -0.25) is 5.41 Å². The van der Waals surface area contributed by atoms with Gasteiger partial charge in [0.05, 0.1) is 0 Å². The Hall–Kier alpha value is -1.76. The molecule has 124 valence electrons. The first-order valence-corrected chi connectivity index (χ1v) is 7.19. The lowest BCUT2D eigenvalue weighted by molar-refractivity contribution is -0.157. The molecule has 1 aromatic carbocycles. The van der Waals surface area contributed by atoms with Gasteiger partial charge < -0.3 is 16.4 Å². The Labute approximate surface area is 128 Å². The summed E-state index contributed by atoms with van der Waals surface area (Å²) in [5.74, 6) is 0.0978. The summed E-state index contributed by atoms with van der Waals surface area (Å²) in [6, 6.07) is 4.82. The summed E-state index contributed by atoms with van der Waals surface area (Å²) in [6.07, 6.45) is -3.91. The summed E-state index contributed by atoms with van der Waals surface area (Å²) in [7, 11) is 0. The Bertz CT molecular complexity index is 469. The highest BCUT2D eigenvalue weighted by atomic mass is 19.4. The largest absolute Gasteiger partial charge is 0.407 e. The minimum Gasteiger partial charge on any atom is -0.370 e. The fourth-order valence-corrected chi connectivity index (χ4v) is 2.05. The van der Waals surface area contributed by atoms with Gasteiger partial charge in [0.25, 0.3) is 0 Å². The SMILES string of the molecule is CC(C)c1ccc(C(NCCCNC(=N)N)C(F)(F)F)cc1. The molecule has 0 aromatic heterocycles. The number of nitrogens with two attached hydrogens (primary N) is 1. The van der Waals surface area contributed by atoms with Crippen molar-refractivity contribution < 1.29 is 13.2 Å². The number of rotatable bonds is 7. The molecule has 7 heteroatoms. The molecule has 0 spiro atoms. The zero-order valence-electron chi connectivity index (χ0n) is 12.8. The second kappa shape index (κ2) is 8.03. The number of benzene rings is 1. The summed E-state index contributed by atoms with van der Waals surface area (Å²) in [5, 5.41) is 12.0. The lowest BCUT2D eigenvalue weighted by Crippen LogP contribution is -2.37. The Morgan fingerprint density at radius 2 is 1.68 bits per heavy atom. The summed E-state index contributed by atoms with van der Waals surface area (Å²) in [5.41, 5.74) is 6.32. The van der Waals surface area contributed by atoms with Crippen molar-refractivity contribution in [1.82, 2.24) is 10.6 Å². The highest BCUT2D eigenvalue weighted by Gasteiger charge is 2.40. The molecule has 5 N–H and O–H groups in total. The lowest BCUT2D eigenvalue weighted by Gasteiger charge is -2.22. The monoisotopic (exact) mass is 316 g/mol. The average molecular weight is 316 g/mol. The van der Waals surface area contributed by atoms with Crippen LogP contribution in [0.25, 0.3) is 0 Å². The minimum absolute atomic E-state index is 0.177. The molecule has 0 bridgehead atoms. The number of nitrogens with one attached hydrogen (secondary N) is 3. The first kappa shape index (κ1) is 18.3. The summed E-state index contributed by atoms with van der Waals surface area (Å²) < 4.78 is 39.5. The van der Waals surface area contributed by atoms with Crippen LogP contribution >= 0.6 is 0 Å². The first-order chi connectivity index (χ1) is 10.2. The summed E-state index contributed by atoms with van der Waals surface area (Å²) in [4.78, 5) is 0. The summed E-state index contributed by atoms with van der Waals surface area (Å²) in [6.45, 7) is 4.53. The molecule has 0 aliphatic heterocycles. The average Bonchev–Trinajstić information content (AvgIpc) is 2.41. The maximum absolute atomic E-state index is 13.2. The Morgan fingerprint density at radius 1 is 1.14 bits per heavy atom. The van der Waals surface area contributed by atoms with E-state index in [4.69, 9.17) is 11.1 Å². The molecular formula is C15H23F3N4. The third-order valence-electron chi connectivity index (χ3n) is 3.28. The molecule has 0 saturated carbocycles. The highest BCUT2D eigenvalue weighted by molar-refractivity contribution is 5.74. The van der Waals surface area contributed by atoms with E-state index in [0.717, 1.165) is 5.56 Å². The molecule has 1 unspecified atom stereocenters. The molecular weight excluding hydrogens is 293 g/mol. The maximum atomic E-state index is 13.2. The van der Waals surface area contributed by atoms with Crippen LogP contribution in [0.2, 0.25) is 0 Å². The van der Waals surface area contributed by atoms with E-state index in [2.05, 4.69) is 10.6 Å². The van der Waals surface area contributed by atoms with Gasteiger partial charge in [0.15, 0.2) is 5.96 Å².